The summed E-state index contributed by atoms with van der Waals surface area (Å²) in [4.78, 5) is 12.6. The highest BCUT2D eigenvalue weighted by Crippen LogP contribution is 2.14. The molecule has 2 atom stereocenters. The van der Waals surface area contributed by atoms with Crippen molar-refractivity contribution < 1.29 is 5.11 Å². The standard InChI is InChI=1S/C19H38N4O2/c1-5-7-9-11-13-20-16(3)22-15-18(24)23(19(22)25)17(4)21-14-12-10-8-6-2/h15-17,20-21,24H,5-14H2,1-4H3. The van der Waals surface area contributed by atoms with Crippen LogP contribution in [0, 0.1) is 0 Å². The summed E-state index contributed by atoms with van der Waals surface area (Å²) >= 11 is 0. The molecular formula is C19H38N4O2. The van der Waals surface area contributed by atoms with Crippen molar-refractivity contribution in [3.63, 3.8) is 0 Å². The van der Waals surface area contributed by atoms with Crippen LogP contribution >= 0.6 is 0 Å². The molecule has 0 aliphatic carbocycles. The van der Waals surface area contributed by atoms with Crippen molar-refractivity contribution >= 4 is 0 Å². The Morgan fingerprint density at radius 1 is 0.920 bits per heavy atom. The van der Waals surface area contributed by atoms with Crippen molar-refractivity contribution in [2.24, 2.45) is 0 Å². The lowest BCUT2D eigenvalue weighted by molar-refractivity contribution is 0.344. The Hall–Kier alpha value is -1.27. The van der Waals surface area contributed by atoms with Gasteiger partial charge in [-0.1, -0.05) is 52.4 Å². The van der Waals surface area contributed by atoms with Gasteiger partial charge in [-0.05, 0) is 39.8 Å². The third-order valence-corrected chi connectivity index (χ3v) is 4.67. The van der Waals surface area contributed by atoms with E-state index in [9.17, 15) is 9.90 Å². The summed E-state index contributed by atoms with van der Waals surface area (Å²) in [5.74, 6) is 0.0122. The van der Waals surface area contributed by atoms with Gasteiger partial charge in [0.05, 0.1) is 18.5 Å². The maximum Gasteiger partial charge on any atom is 0.333 e. The Morgan fingerprint density at radius 2 is 1.44 bits per heavy atom. The van der Waals surface area contributed by atoms with E-state index in [1.165, 1.54) is 49.3 Å². The van der Waals surface area contributed by atoms with Crippen molar-refractivity contribution in [2.45, 2.75) is 91.4 Å². The topological polar surface area (TPSA) is 71.2 Å². The molecule has 0 amide bonds. The maximum absolute atomic E-state index is 12.6. The van der Waals surface area contributed by atoms with E-state index in [2.05, 4.69) is 24.5 Å². The lowest BCUT2D eigenvalue weighted by Crippen LogP contribution is -2.37. The van der Waals surface area contributed by atoms with Crippen LogP contribution in [0.1, 0.15) is 91.4 Å². The first-order valence-electron chi connectivity index (χ1n) is 10.0. The van der Waals surface area contributed by atoms with Gasteiger partial charge >= 0.3 is 5.69 Å². The molecule has 0 bridgehead atoms. The molecule has 6 nitrogen and oxygen atoms in total. The maximum atomic E-state index is 12.6. The van der Waals surface area contributed by atoms with Gasteiger partial charge in [-0.2, -0.15) is 0 Å². The molecule has 146 valence electrons. The molecule has 0 radical (unpaired) electrons. The monoisotopic (exact) mass is 354 g/mol. The lowest BCUT2D eigenvalue weighted by Gasteiger charge is -2.16. The first-order chi connectivity index (χ1) is 12.0. The van der Waals surface area contributed by atoms with E-state index < -0.39 is 0 Å². The van der Waals surface area contributed by atoms with Gasteiger partial charge in [0.25, 0.3) is 0 Å². The van der Waals surface area contributed by atoms with E-state index in [1.54, 1.807) is 4.57 Å². The highest BCUT2D eigenvalue weighted by atomic mass is 16.3. The van der Waals surface area contributed by atoms with E-state index in [0.29, 0.717) is 0 Å². The minimum atomic E-state index is -0.216. The molecule has 1 rings (SSSR count). The minimum absolute atomic E-state index is 0.0122. The molecule has 1 aromatic heterocycles. The van der Waals surface area contributed by atoms with Gasteiger partial charge in [-0.15, -0.1) is 0 Å². The predicted molar refractivity (Wildman–Crippen MR) is 104 cm³/mol. The van der Waals surface area contributed by atoms with Crippen LogP contribution in [-0.4, -0.2) is 27.3 Å². The zero-order valence-corrected chi connectivity index (χ0v) is 16.6. The fourth-order valence-corrected chi connectivity index (χ4v) is 3.02. The summed E-state index contributed by atoms with van der Waals surface area (Å²) in [5, 5.41) is 16.9. The minimum Gasteiger partial charge on any atom is -0.493 e. The van der Waals surface area contributed by atoms with Crippen LogP contribution in [0.2, 0.25) is 0 Å². The van der Waals surface area contributed by atoms with Gasteiger partial charge in [0.1, 0.15) is 0 Å². The summed E-state index contributed by atoms with van der Waals surface area (Å²) in [6, 6.07) is 0. The van der Waals surface area contributed by atoms with Crippen molar-refractivity contribution in [3.05, 3.63) is 16.7 Å². The fraction of sp³-hybridized carbons (Fsp3) is 0.842. The van der Waals surface area contributed by atoms with Gasteiger partial charge in [0.15, 0.2) is 0 Å². The number of imidazole rings is 1. The molecule has 0 aliphatic heterocycles. The van der Waals surface area contributed by atoms with Crippen molar-refractivity contribution in [3.8, 4) is 5.88 Å². The van der Waals surface area contributed by atoms with E-state index in [1.807, 2.05) is 13.8 Å². The lowest BCUT2D eigenvalue weighted by atomic mass is 10.2. The Kier molecular flexibility index (Phi) is 10.6. The molecule has 0 aromatic carbocycles. The third kappa shape index (κ3) is 7.24. The van der Waals surface area contributed by atoms with Crippen LogP contribution in [-0.2, 0) is 0 Å². The number of nitrogens with one attached hydrogen (secondary N) is 2. The van der Waals surface area contributed by atoms with E-state index >= 15 is 0 Å². The molecular weight excluding hydrogens is 316 g/mol. The zero-order chi connectivity index (χ0) is 18.7. The Balaban J connectivity index is 2.55. The fourth-order valence-electron chi connectivity index (χ4n) is 3.02. The van der Waals surface area contributed by atoms with E-state index in [-0.39, 0.29) is 23.9 Å². The third-order valence-electron chi connectivity index (χ3n) is 4.67. The SMILES string of the molecule is CCCCCCNC(C)n1cc(O)n(C(C)NCCCCCC)c1=O. The average Bonchev–Trinajstić information content (AvgIpc) is 2.89. The summed E-state index contributed by atoms with van der Waals surface area (Å²) < 4.78 is 3.00. The molecule has 0 saturated heterocycles. The van der Waals surface area contributed by atoms with Crippen LogP contribution in [0.25, 0.3) is 0 Å². The summed E-state index contributed by atoms with van der Waals surface area (Å²) in [6.45, 7) is 9.98. The Labute approximate surface area is 152 Å². The number of aromatic hydroxyl groups is 1. The number of rotatable bonds is 14. The molecule has 0 fully saturated rings. The summed E-state index contributed by atoms with van der Waals surface area (Å²) in [5.41, 5.74) is -0.181. The molecule has 0 spiro atoms. The molecule has 25 heavy (non-hydrogen) atoms. The summed E-state index contributed by atoms with van der Waals surface area (Å²) in [7, 11) is 0. The van der Waals surface area contributed by atoms with Gasteiger partial charge < -0.3 is 5.11 Å². The number of hydrogen-bond donors (Lipinski definition) is 3. The highest BCUT2D eigenvalue weighted by molar-refractivity contribution is 5.07. The Bertz CT molecular complexity index is 524. The smallest absolute Gasteiger partial charge is 0.333 e. The van der Waals surface area contributed by atoms with Gasteiger partial charge in [-0.3, -0.25) is 15.2 Å². The molecule has 6 heteroatoms. The van der Waals surface area contributed by atoms with Crippen molar-refractivity contribution in [1.82, 2.24) is 19.8 Å². The zero-order valence-electron chi connectivity index (χ0n) is 16.6. The van der Waals surface area contributed by atoms with Crippen LogP contribution in [0.3, 0.4) is 0 Å². The largest absolute Gasteiger partial charge is 0.493 e. The van der Waals surface area contributed by atoms with Crippen molar-refractivity contribution in [2.75, 3.05) is 13.1 Å². The average molecular weight is 355 g/mol. The normalized spacial score (nSPS) is 13.9. The Morgan fingerprint density at radius 3 is 1.96 bits per heavy atom. The number of nitrogens with zero attached hydrogens (tertiary/aromatic N) is 2. The second-order valence-corrected chi connectivity index (χ2v) is 6.93. The van der Waals surface area contributed by atoms with Gasteiger partial charge in [0, 0.05) is 0 Å². The molecule has 0 saturated carbocycles. The predicted octanol–water partition coefficient (Wildman–Crippen LogP) is 3.73. The van der Waals surface area contributed by atoms with Gasteiger partial charge in [0.2, 0.25) is 5.88 Å². The van der Waals surface area contributed by atoms with Crippen molar-refractivity contribution in [1.29, 1.82) is 0 Å². The first-order valence-corrected chi connectivity index (χ1v) is 10.0. The molecule has 1 heterocycles. The molecule has 3 N–H and O–H groups in total. The highest BCUT2D eigenvalue weighted by Gasteiger charge is 2.18. The van der Waals surface area contributed by atoms with E-state index in [4.69, 9.17) is 0 Å². The molecule has 1 aromatic rings. The van der Waals surface area contributed by atoms with Crippen LogP contribution in [0.15, 0.2) is 11.0 Å². The second-order valence-electron chi connectivity index (χ2n) is 6.93. The first kappa shape index (κ1) is 21.8. The number of hydrogen-bond acceptors (Lipinski definition) is 4. The molecule has 2 unspecified atom stereocenters. The number of aromatic nitrogens is 2. The number of unbranched alkanes of at least 4 members (excludes halogenated alkanes) is 6. The van der Waals surface area contributed by atoms with Crippen LogP contribution in [0.4, 0.5) is 0 Å². The van der Waals surface area contributed by atoms with Gasteiger partial charge in [-0.25, -0.2) is 9.36 Å². The summed E-state index contributed by atoms with van der Waals surface area (Å²) in [6.07, 6.45) is 10.7. The van der Waals surface area contributed by atoms with Crippen LogP contribution < -0.4 is 16.3 Å². The van der Waals surface area contributed by atoms with E-state index in [0.717, 1.165) is 25.9 Å². The second kappa shape index (κ2) is 12.1. The molecule has 0 aliphatic rings. The quantitative estimate of drug-likeness (QED) is 0.445. The van der Waals surface area contributed by atoms with Crippen LogP contribution in [0.5, 0.6) is 5.88 Å².